The molecule has 43 heavy (non-hydrogen) atoms. The lowest BCUT2D eigenvalue weighted by molar-refractivity contribution is -0.139. The Bertz CT molecular complexity index is 1450. The van der Waals surface area contributed by atoms with Gasteiger partial charge in [-0.25, -0.2) is 8.78 Å². The molecule has 3 aromatic rings. The number of halogens is 5. The molecule has 3 heterocycles. The van der Waals surface area contributed by atoms with Crippen LogP contribution in [0.15, 0.2) is 72.8 Å². The topological polar surface area (TPSA) is 43.9 Å². The summed E-state index contributed by atoms with van der Waals surface area (Å²) in [6.45, 7) is 2.28. The van der Waals surface area contributed by atoms with Gasteiger partial charge in [0.15, 0.2) is 0 Å². The van der Waals surface area contributed by atoms with Crippen LogP contribution in [0.2, 0.25) is 0 Å². The van der Waals surface area contributed by atoms with Crippen LogP contribution in [0.5, 0.6) is 0 Å². The van der Waals surface area contributed by atoms with Crippen LogP contribution in [0.25, 0.3) is 0 Å². The third-order valence-corrected chi connectivity index (χ3v) is 9.30. The van der Waals surface area contributed by atoms with Crippen LogP contribution in [0.3, 0.4) is 0 Å². The van der Waals surface area contributed by atoms with Gasteiger partial charge in [-0.15, -0.1) is 0 Å². The number of hydrogen-bond donors (Lipinski definition) is 0. The predicted molar refractivity (Wildman–Crippen MR) is 150 cm³/mol. The molecule has 0 aliphatic carbocycles. The molecule has 0 spiro atoms. The van der Waals surface area contributed by atoms with Gasteiger partial charge in [0.25, 0.3) is 0 Å². The zero-order chi connectivity index (χ0) is 30.4. The molecule has 0 unspecified atom stereocenters. The summed E-state index contributed by atoms with van der Waals surface area (Å²) in [5.41, 5.74) is -0.0892. The summed E-state index contributed by atoms with van der Waals surface area (Å²) in [5, 5.41) is 0. The van der Waals surface area contributed by atoms with Gasteiger partial charge in [0.1, 0.15) is 17.0 Å². The number of fused-ring (bicyclic) bond motifs is 1. The third kappa shape index (κ3) is 5.64. The first-order valence-electron chi connectivity index (χ1n) is 14.5. The summed E-state index contributed by atoms with van der Waals surface area (Å²) in [6.07, 6.45) is -2.24. The number of rotatable bonds is 6. The molecule has 5 nitrogen and oxygen atoms in total. The fourth-order valence-electron chi connectivity index (χ4n) is 7.12. The molecule has 2 amide bonds. The van der Waals surface area contributed by atoms with Crippen LogP contribution >= 0.6 is 0 Å². The average Bonchev–Trinajstić information content (AvgIpc) is 3.57. The fourth-order valence-corrected chi connectivity index (χ4v) is 7.12. The van der Waals surface area contributed by atoms with Crippen molar-refractivity contribution < 1.29 is 31.5 Å². The molecule has 0 aromatic heterocycles. The van der Waals surface area contributed by atoms with Gasteiger partial charge in [0, 0.05) is 32.2 Å². The molecular weight excluding hydrogens is 565 g/mol. The average molecular weight is 598 g/mol. The number of alkyl halides is 3. The van der Waals surface area contributed by atoms with Crippen molar-refractivity contribution in [3.05, 3.63) is 107 Å². The van der Waals surface area contributed by atoms with Gasteiger partial charge in [0.05, 0.1) is 12.1 Å². The van der Waals surface area contributed by atoms with Gasteiger partial charge >= 0.3 is 6.18 Å². The lowest BCUT2D eigenvalue weighted by atomic mass is 9.73. The summed E-state index contributed by atoms with van der Waals surface area (Å²) in [7, 11) is 0. The molecule has 3 aromatic carbocycles. The van der Waals surface area contributed by atoms with Crippen molar-refractivity contribution in [2.45, 2.75) is 43.4 Å². The Morgan fingerprint density at radius 1 is 0.884 bits per heavy atom. The minimum absolute atomic E-state index is 0.0269. The summed E-state index contributed by atoms with van der Waals surface area (Å²) in [4.78, 5) is 33.1. The molecule has 3 aliphatic heterocycles. The van der Waals surface area contributed by atoms with Crippen molar-refractivity contribution in [3.63, 3.8) is 0 Å². The van der Waals surface area contributed by atoms with Gasteiger partial charge in [0.2, 0.25) is 11.8 Å². The van der Waals surface area contributed by atoms with E-state index in [1.807, 2.05) is 0 Å². The molecule has 0 N–H and O–H groups in total. The van der Waals surface area contributed by atoms with Crippen molar-refractivity contribution in [1.29, 1.82) is 0 Å². The van der Waals surface area contributed by atoms with Crippen molar-refractivity contribution in [2.75, 3.05) is 32.7 Å². The first-order chi connectivity index (χ1) is 20.5. The highest BCUT2D eigenvalue weighted by atomic mass is 19.4. The van der Waals surface area contributed by atoms with Crippen LogP contribution in [0.1, 0.15) is 41.5 Å². The minimum atomic E-state index is -4.41. The SMILES string of the molecule is O=C(CN1CCC(c2ccc(F)cc2)(c2ccc(F)cc2)C1=O)N1C[C@@H]2CCCN(Cc3cccc(C(F)(F)F)c3)[C@@H]2C1. The number of benzene rings is 3. The Kier molecular flexibility index (Phi) is 7.75. The van der Waals surface area contributed by atoms with Crippen LogP contribution in [0.4, 0.5) is 22.0 Å². The molecule has 0 saturated carbocycles. The lowest BCUT2D eigenvalue weighted by Gasteiger charge is -2.36. The molecule has 10 heteroatoms. The molecule has 226 valence electrons. The van der Waals surface area contributed by atoms with Gasteiger partial charge in [-0.2, -0.15) is 13.2 Å². The van der Waals surface area contributed by atoms with Gasteiger partial charge in [-0.05, 0) is 78.7 Å². The fraction of sp³-hybridized carbons (Fsp3) is 0.394. The maximum Gasteiger partial charge on any atom is 0.416 e. The minimum Gasteiger partial charge on any atom is -0.339 e. The van der Waals surface area contributed by atoms with E-state index >= 15 is 0 Å². The van der Waals surface area contributed by atoms with E-state index in [-0.39, 0.29) is 30.3 Å². The van der Waals surface area contributed by atoms with Crippen LogP contribution in [-0.2, 0) is 27.7 Å². The lowest BCUT2D eigenvalue weighted by Crippen LogP contribution is -2.46. The molecule has 0 bridgehead atoms. The van der Waals surface area contributed by atoms with E-state index in [0.717, 1.165) is 25.5 Å². The van der Waals surface area contributed by atoms with E-state index in [4.69, 9.17) is 0 Å². The summed E-state index contributed by atoms with van der Waals surface area (Å²) >= 11 is 0. The Labute approximate surface area is 246 Å². The van der Waals surface area contributed by atoms with E-state index < -0.39 is 28.8 Å². The van der Waals surface area contributed by atoms with Crippen molar-refractivity contribution in [2.24, 2.45) is 5.92 Å². The van der Waals surface area contributed by atoms with Gasteiger partial charge < -0.3 is 9.80 Å². The maximum atomic E-state index is 14.0. The summed E-state index contributed by atoms with van der Waals surface area (Å²) < 4.78 is 67.3. The smallest absolute Gasteiger partial charge is 0.339 e. The quantitative estimate of drug-likeness (QED) is 0.347. The largest absolute Gasteiger partial charge is 0.416 e. The molecule has 2 atom stereocenters. The van der Waals surface area contributed by atoms with E-state index in [9.17, 15) is 31.5 Å². The van der Waals surface area contributed by atoms with E-state index in [0.29, 0.717) is 49.3 Å². The second-order valence-corrected chi connectivity index (χ2v) is 11.8. The Balaban J connectivity index is 1.16. The molecule has 6 rings (SSSR count). The van der Waals surface area contributed by atoms with E-state index in [2.05, 4.69) is 4.90 Å². The van der Waals surface area contributed by atoms with Crippen molar-refractivity contribution >= 4 is 11.8 Å². The molecule has 3 aliphatic rings. The second-order valence-electron chi connectivity index (χ2n) is 11.8. The van der Waals surface area contributed by atoms with Gasteiger partial charge in [-0.3, -0.25) is 14.5 Å². The van der Waals surface area contributed by atoms with Crippen LogP contribution in [0, 0.1) is 17.6 Å². The number of amides is 2. The number of nitrogens with zero attached hydrogens (tertiary/aromatic N) is 3. The van der Waals surface area contributed by atoms with Crippen molar-refractivity contribution in [1.82, 2.24) is 14.7 Å². The van der Waals surface area contributed by atoms with Gasteiger partial charge in [-0.1, -0.05) is 42.5 Å². The van der Waals surface area contributed by atoms with E-state index in [1.165, 1.54) is 41.3 Å². The maximum absolute atomic E-state index is 14.0. The Morgan fingerprint density at radius 2 is 1.53 bits per heavy atom. The van der Waals surface area contributed by atoms with Crippen LogP contribution < -0.4 is 0 Å². The normalized spacial score (nSPS) is 22.2. The third-order valence-electron chi connectivity index (χ3n) is 9.30. The van der Waals surface area contributed by atoms with Crippen LogP contribution in [-0.4, -0.2) is 65.3 Å². The number of carbonyl (C=O) groups excluding carboxylic acids is 2. The zero-order valence-electron chi connectivity index (χ0n) is 23.5. The Hall–Kier alpha value is -3.79. The highest BCUT2D eigenvalue weighted by Crippen LogP contribution is 2.42. The standard InChI is InChI=1S/C33H32F5N3O2/c34-27-10-6-24(7-11-27)32(25-8-12-28(35)13-9-25)14-16-40(31(32)43)21-30(42)41-19-23-4-2-15-39(29(23)20-41)18-22-3-1-5-26(17-22)33(36,37)38/h1,3,5-13,17,23,29H,2,4,14-16,18-21H2/t23-,29+/m0/s1. The first kappa shape index (κ1) is 29.3. The highest BCUT2D eigenvalue weighted by Gasteiger charge is 2.50. The first-order valence-corrected chi connectivity index (χ1v) is 14.5. The summed E-state index contributed by atoms with van der Waals surface area (Å²) in [6, 6.07) is 16.8. The molecular formula is C33H32F5N3O2. The molecule has 0 radical (unpaired) electrons. The number of piperidine rings is 1. The zero-order valence-corrected chi connectivity index (χ0v) is 23.5. The number of likely N-dealkylation sites (tertiary alicyclic amines) is 3. The van der Waals surface area contributed by atoms with E-state index in [1.54, 1.807) is 35.2 Å². The number of hydrogen-bond acceptors (Lipinski definition) is 3. The molecule has 3 fully saturated rings. The second kappa shape index (κ2) is 11.4. The molecule has 3 saturated heterocycles. The van der Waals surface area contributed by atoms with Crippen molar-refractivity contribution in [3.8, 4) is 0 Å². The monoisotopic (exact) mass is 597 g/mol. The Morgan fingerprint density at radius 3 is 2.16 bits per heavy atom. The number of carbonyl (C=O) groups is 2. The predicted octanol–water partition coefficient (Wildman–Crippen LogP) is 5.63. The summed E-state index contributed by atoms with van der Waals surface area (Å²) in [5.74, 6) is -1.14. The highest BCUT2D eigenvalue weighted by molar-refractivity contribution is 5.96.